The lowest BCUT2D eigenvalue weighted by atomic mass is 9.97. The van der Waals surface area contributed by atoms with E-state index in [9.17, 15) is 4.79 Å². The molecule has 1 aliphatic heterocycles. The van der Waals surface area contributed by atoms with E-state index in [4.69, 9.17) is 4.74 Å². The summed E-state index contributed by atoms with van der Waals surface area (Å²) < 4.78 is 5.74. The fraction of sp³-hybridized carbons (Fsp3) is 0.562. The molecule has 4 nitrogen and oxygen atoms in total. The van der Waals surface area contributed by atoms with Crippen molar-refractivity contribution in [3.63, 3.8) is 0 Å². The summed E-state index contributed by atoms with van der Waals surface area (Å²) in [5.41, 5.74) is 1.12. The van der Waals surface area contributed by atoms with Crippen molar-refractivity contribution in [3.05, 3.63) is 29.8 Å². The third kappa shape index (κ3) is 3.97. The molecule has 0 saturated carbocycles. The SMILES string of the molecule is Cc1ccccc1OCCN(C)C(=O)C1CCNCC1. The Morgan fingerprint density at radius 2 is 2.05 bits per heavy atom. The fourth-order valence-corrected chi connectivity index (χ4v) is 2.50. The van der Waals surface area contributed by atoms with Crippen LogP contribution >= 0.6 is 0 Å². The van der Waals surface area contributed by atoms with Crippen molar-refractivity contribution in [2.24, 2.45) is 5.92 Å². The third-order valence-corrected chi connectivity index (χ3v) is 3.84. The maximum Gasteiger partial charge on any atom is 0.225 e. The van der Waals surface area contributed by atoms with E-state index in [1.54, 1.807) is 4.90 Å². The topological polar surface area (TPSA) is 41.6 Å². The van der Waals surface area contributed by atoms with Crippen LogP contribution in [0, 0.1) is 12.8 Å². The molecule has 4 heteroatoms. The minimum atomic E-state index is 0.180. The summed E-state index contributed by atoms with van der Waals surface area (Å²) in [5.74, 6) is 1.33. The number of likely N-dealkylation sites (N-methyl/N-ethyl adjacent to an activating group) is 1. The van der Waals surface area contributed by atoms with Gasteiger partial charge in [-0.2, -0.15) is 0 Å². The summed E-state index contributed by atoms with van der Waals surface area (Å²) in [5, 5.41) is 3.28. The van der Waals surface area contributed by atoms with E-state index in [0.717, 1.165) is 37.2 Å². The highest BCUT2D eigenvalue weighted by molar-refractivity contribution is 5.78. The van der Waals surface area contributed by atoms with Gasteiger partial charge < -0.3 is 15.0 Å². The maximum absolute atomic E-state index is 12.2. The highest BCUT2D eigenvalue weighted by Crippen LogP contribution is 2.17. The molecule has 1 fully saturated rings. The molecule has 1 aromatic rings. The first-order valence-electron chi connectivity index (χ1n) is 7.32. The summed E-state index contributed by atoms with van der Waals surface area (Å²) in [6, 6.07) is 7.95. The van der Waals surface area contributed by atoms with E-state index in [-0.39, 0.29) is 11.8 Å². The van der Waals surface area contributed by atoms with Crippen LogP contribution in [0.5, 0.6) is 5.75 Å². The molecule has 1 aromatic carbocycles. The standard InChI is InChI=1S/C16H24N2O2/c1-13-5-3-4-6-15(13)20-12-11-18(2)16(19)14-7-9-17-10-8-14/h3-6,14,17H,7-12H2,1-2H3. The molecular weight excluding hydrogens is 252 g/mol. The molecule has 0 radical (unpaired) electrons. The van der Waals surface area contributed by atoms with E-state index < -0.39 is 0 Å². The second kappa shape index (κ2) is 7.29. The Labute approximate surface area is 121 Å². The third-order valence-electron chi connectivity index (χ3n) is 3.84. The highest BCUT2D eigenvalue weighted by Gasteiger charge is 2.23. The Bertz CT molecular complexity index is 442. The van der Waals surface area contributed by atoms with Gasteiger partial charge in [0.05, 0.1) is 6.54 Å². The molecule has 1 N–H and O–H groups in total. The molecule has 2 rings (SSSR count). The lowest BCUT2D eigenvalue weighted by molar-refractivity contribution is -0.135. The predicted molar refractivity (Wildman–Crippen MR) is 79.9 cm³/mol. The second-order valence-corrected chi connectivity index (χ2v) is 5.40. The first-order valence-corrected chi connectivity index (χ1v) is 7.32. The summed E-state index contributed by atoms with van der Waals surface area (Å²) in [6.07, 6.45) is 1.89. The van der Waals surface area contributed by atoms with Crippen molar-refractivity contribution in [1.29, 1.82) is 0 Å². The largest absolute Gasteiger partial charge is 0.491 e. The number of benzene rings is 1. The van der Waals surface area contributed by atoms with E-state index >= 15 is 0 Å². The fourth-order valence-electron chi connectivity index (χ4n) is 2.50. The van der Waals surface area contributed by atoms with Gasteiger partial charge in [0.15, 0.2) is 0 Å². The van der Waals surface area contributed by atoms with Crippen LogP contribution in [0.15, 0.2) is 24.3 Å². The normalized spacial score (nSPS) is 15.9. The van der Waals surface area contributed by atoms with Crippen LogP contribution in [-0.2, 0) is 4.79 Å². The average Bonchev–Trinajstić information content (AvgIpc) is 2.49. The lowest BCUT2D eigenvalue weighted by Gasteiger charge is -2.27. The van der Waals surface area contributed by atoms with Gasteiger partial charge >= 0.3 is 0 Å². The number of amides is 1. The van der Waals surface area contributed by atoms with Crippen LogP contribution in [-0.4, -0.2) is 44.1 Å². The molecule has 0 aromatic heterocycles. The number of piperidine rings is 1. The van der Waals surface area contributed by atoms with Gasteiger partial charge in [0.1, 0.15) is 12.4 Å². The summed E-state index contributed by atoms with van der Waals surface area (Å²) in [6.45, 7) is 5.10. The van der Waals surface area contributed by atoms with E-state index in [2.05, 4.69) is 5.32 Å². The van der Waals surface area contributed by atoms with Crippen molar-refractivity contribution >= 4 is 5.91 Å². The predicted octanol–water partition coefficient (Wildman–Crippen LogP) is 1.83. The molecule has 0 atom stereocenters. The average molecular weight is 276 g/mol. The molecule has 1 heterocycles. The number of carbonyl (C=O) groups excluding carboxylic acids is 1. The monoisotopic (exact) mass is 276 g/mol. The molecular formula is C16H24N2O2. The van der Waals surface area contributed by atoms with Crippen molar-refractivity contribution < 1.29 is 9.53 Å². The number of aryl methyl sites for hydroxylation is 1. The summed E-state index contributed by atoms with van der Waals surface area (Å²) in [4.78, 5) is 14.0. The molecule has 1 amide bonds. The number of nitrogens with one attached hydrogen (secondary N) is 1. The van der Waals surface area contributed by atoms with Crippen LogP contribution in [0.2, 0.25) is 0 Å². The number of hydrogen-bond acceptors (Lipinski definition) is 3. The molecule has 1 saturated heterocycles. The number of rotatable bonds is 5. The lowest BCUT2D eigenvalue weighted by Crippen LogP contribution is -2.40. The Hall–Kier alpha value is -1.55. The zero-order valence-electron chi connectivity index (χ0n) is 12.4. The quantitative estimate of drug-likeness (QED) is 0.892. The molecule has 1 aliphatic rings. The smallest absolute Gasteiger partial charge is 0.225 e. The van der Waals surface area contributed by atoms with Crippen molar-refractivity contribution in [2.45, 2.75) is 19.8 Å². The van der Waals surface area contributed by atoms with Gasteiger partial charge in [-0.3, -0.25) is 4.79 Å². The second-order valence-electron chi connectivity index (χ2n) is 5.40. The molecule has 20 heavy (non-hydrogen) atoms. The molecule has 0 aliphatic carbocycles. The maximum atomic E-state index is 12.2. The van der Waals surface area contributed by atoms with Gasteiger partial charge in [-0.05, 0) is 44.5 Å². The van der Waals surface area contributed by atoms with Crippen LogP contribution < -0.4 is 10.1 Å². The number of ether oxygens (including phenoxy) is 1. The van der Waals surface area contributed by atoms with E-state index in [0.29, 0.717) is 13.2 Å². The van der Waals surface area contributed by atoms with Crippen molar-refractivity contribution in [2.75, 3.05) is 33.3 Å². The molecule has 0 spiro atoms. The first kappa shape index (κ1) is 14.9. The van der Waals surface area contributed by atoms with Gasteiger partial charge in [0.25, 0.3) is 0 Å². The van der Waals surface area contributed by atoms with Gasteiger partial charge in [0.2, 0.25) is 5.91 Å². The van der Waals surface area contributed by atoms with Crippen LogP contribution in [0.1, 0.15) is 18.4 Å². The van der Waals surface area contributed by atoms with E-state index in [1.165, 1.54) is 0 Å². The summed E-state index contributed by atoms with van der Waals surface area (Å²) >= 11 is 0. The van der Waals surface area contributed by atoms with Gasteiger partial charge in [-0.1, -0.05) is 18.2 Å². The van der Waals surface area contributed by atoms with Gasteiger partial charge in [-0.25, -0.2) is 0 Å². The Kier molecular flexibility index (Phi) is 5.41. The molecule has 110 valence electrons. The van der Waals surface area contributed by atoms with Crippen LogP contribution in [0.4, 0.5) is 0 Å². The number of carbonyl (C=O) groups is 1. The van der Waals surface area contributed by atoms with Gasteiger partial charge in [-0.15, -0.1) is 0 Å². The highest BCUT2D eigenvalue weighted by atomic mass is 16.5. The summed E-state index contributed by atoms with van der Waals surface area (Å²) in [7, 11) is 1.87. The molecule has 0 bridgehead atoms. The Morgan fingerprint density at radius 1 is 1.35 bits per heavy atom. The van der Waals surface area contributed by atoms with E-state index in [1.807, 2.05) is 38.2 Å². The minimum absolute atomic E-state index is 0.180. The zero-order valence-corrected chi connectivity index (χ0v) is 12.4. The molecule has 0 unspecified atom stereocenters. The van der Waals surface area contributed by atoms with Crippen molar-refractivity contribution in [1.82, 2.24) is 10.2 Å². The van der Waals surface area contributed by atoms with Crippen LogP contribution in [0.3, 0.4) is 0 Å². The van der Waals surface area contributed by atoms with Gasteiger partial charge in [0, 0.05) is 13.0 Å². The first-order chi connectivity index (χ1) is 9.68. The zero-order chi connectivity index (χ0) is 14.4. The minimum Gasteiger partial charge on any atom is -0.491 e. The number of para-hydroxylation sites is 1. The Morgan fingerprint density at radius 3 is 2.75 bits per heavy atom. The Balaban J connectivity index is 1.75. The van der Waals surface area contributed by atoms with Crippen LogP contribution in [0.25, 0.3) is 0 Å². The number of hydrogen-bond donors (Lipinski definition) is 1. The van der Waals surface area contributed by atoms with Crippen molar-refractivity contribution in [3.8, 4) is 5.75 Å². The number of nitrogens with zero attached hydrogens (tertiary/aromatic N) is 1.